The average molecular weight is 287 g/mol. The molecule has 0 aliphatic heterocycles. The highest BCUT2D eigenvalue weighted by Gasteiger charge is 2.30. The number of hydrogen-bond acceptors (Lipinski definition) is 4. The molecule has 3 N–H and O–H groups in total. The highest BCUT2D eigenvalue weighted by atomic mass is 32.2. The second-order valence-electron chi connectivity index (χ2n) is 4.10. The first kappa shape index (κ1) is 15.5. The number of carbonyl (C=O) groups is 2. The summed E-state index contributed by atoms with van der Waals surface area (Å²) in [4.78, 5) is 22.8. The van der Waals surface area contributed by atoms with Crippen molar-refractivity contribution in [2.24, 2.45) is 0 Å². The summed E-state index contributed by atoms with van der Waals surface area (Å²) >= 11 is 1.19. The van der Waals surface area contributed by atoms with E-state index in [2.05, 4.69) is 5.32 Å². The van der Waals surface area contributed by atoms with Gasteiger partial charge >= 0.3 is 5.97 Å². The quantitative estimate of drug-likeness (QED) is 0.676. The van der Waals surface area contributed by atoms with Crippen molar-refractivity contribution in [3.05, 3.63) is 30.1 Å². The van der Waals surface area contributed by atoms with Crippen LogP contribution in [0.25, 0.3) is 0 Å². The van der Waals surface area contributed by atoms with Crippen molar-refractivity contribution in [2.75, 3.05) is 12.3 Å². The van der Waals surface area contributed by atoms with Crippen LogP contribution in [-0.4, -0.2) is 40.0 Å². The Morgan fingerprint density at radius 3 is 2.47 bits per heavy atom. The van der Waals surface area contributed by atoms with Gasteiger partial charge in [0.2, 0.25) is 5.91 Å². The Morgan fingerprint density at radius 2 is 1.95 bits per heavy atom. The maximum Gasteiger partial charge on any atom is 0.337 e. The number of benzene rings is 1. The SMILES string of the molecule is CC(O)(CNC(=O)CSc1ccc(F)cc1)C(=O)O. The van der Waals surface area contributed by atoms with Crippen molar-refractivity contribution >= 4 is 23.6 Å². The Kier molecular flexibility index (Phi) is 5.31. The summed E-state index contributed by atoms with van der Waals surface area (Å²) in [6, 6.07) is 5.66. The van der Waals surface area contributed by atoms with E-state index >= 15 is 0 Å². The molecule has 0 fully saturated rings. The molecule has 0 aliphatic carbocycles. The highest BCUT2D eigenvalue weighted by molar-refractivity contribution is 8.00. The second kappa shape index (κ2) is 6.53. The Morgan fingerprint density at radius 1 is 1.37 bits per heavy atom. The highest BCUT2D eigenvalue weighted by Crippen LogP contribution is 2.17. The van der Waals surface area contributed by atoms with Crippen molar-refractivity contribution in [3.8, 4) is 0 Å². The predicted molar refractivity (Wildman–Crippen MR) is 68.4 cm³/mol. The number of hydrogen-bond donors (Lipinski definition) is 3. The van der Waals surface area contributed by atoms with Crippen LogP contribution in [0.15, 0.2) is 29.2 Å². The number of carboxylic acids is 1. The topological polar surface area (TPSA) is 86.6 Å². The van der Waals surface area contributed by atoms with E-state index in [0.717, 1.165) is 11.8 Å². The summed E-state index contributed by atoms with van der Waals surface area (Å²) < 4.78 is 12.6. The van der Waals surface area contributed by atoms with Gasteiger partial charge in [-0.15, -0.1) is 11.8 Å². The molecule has 0 aromatic heterocycles. The molecule has 0 heterocycles. The van der Waals surface area contributed by atoms with Gasteiger partial charge in [-0.3, -0.25) is 4.79 Å². The molecular weight excluding hydrogens is 273 g/mol. The molecular formula is C12H14FNO4S. The van der Waals surface area contributed by atoms with Crippen molar-refractivity contribution in [2.45, 2.75) is 17.4 Å². The van der Waals surface area contributed by atoms with Crippen LogP contribution in [0, 0.1) is 5.82 Å². The molecule has 7 heteroatoms. The molecule has 1 aromatic carbocycles. The molecule has 0 bridgehead atoms. The third-order valence-electron chi connectivity index (χ3n) is 2.27. The van der Waals surface area contributed by atoms with E-state index in [1.54, 1.807) is 12.1 Å². The van der Waals surface area contributed by atoms with Gasteiger partial charge in [0.15, 0.2) is 5.60 Å². The number of carboxylic acid groups (broad SMARTS) is 1. The first-order valence-electron chi connectivity index (χ1n) is 5.42. The van der Waals surface area contributed by atoms with Gasteiger partial charge in [-0.2, -0.15) is 0 Å². The van der Waals surface area contributed by atoms with Crippen LogP contribution in [0.5, 0.6) is 0 Å². The number of nitrogens with one attached hydrogen (secondary N) is 1. The molecule has 0 spiro atoms. The maximum atomic E-state index is 12.6. The van der Waals surface area contributed by atoms with E-state index in [-0.39, 0.29) is 18.1 Å². The third kappa shape index (κ3) is 5.27. The standard InChI is InChI=1S/C12H14FNO4S/c1-12(18,11(16)17)7-14-10(15)6-19-9-4-2-8(13)3-5-9/h2-5,18H,6-7H2,1H3,(H,14,15)(H,16,17). The number of aliphatic hydroxyl groups is 1. The van der Waals surface area contributed by atoms with Crippen molar-refractivity contribution in [1.29, 1.82) is 0 Å². The summed E-state index contributed by atoms with van der Waals surface area (Å²) in [6.07, 6.45) is 0. The molecule has 1 amide bonds. The van der Waals surface area contributed by atoms with Crippen LogP contribution in [0.4, 0.5) is 4.39 Å². The van der Waals surface area contributed by atoms with Crippen molar-refractivity contribution in [1.82, 2.24) is 5.32 Å². The zero-order valence-corrected chi connectivity index (χ0v) is 11.0. The van der Waals surface area contributed by atoms with Gasteiger partial charge in [0.1, 0.15) is 5.82 Å². The monoisotopic (exact) mass is 287 g/mol. The zero-order valence-electron chi connectivity index (χ0n) is 10.2. The number of aliphatic carboxylic acids is 1. The average Bonchev–Trinajstić information content (AvgIpc) is 2.35. The van der Waals surface area contributed by atoms with E-state index in [0.29, 0.717) is 0 Å². The van der Waals surface area contributed by atoms with Crippen LogP contribution in [-0.2, 0) is 9.59 Å². The summed E-state index contributed by atoms with van der Waals surface area (Å²) in [5.74, 6) is -2.11. The normalized spacial score (nSPS) is 13.6. The van der Waals surface area contributed by atoms with Gasteiger partial charge < -0.3 is 15.5 Å². The third-order valence-corrected chi connectivity index (χ3v) is 3.29. The summed E-state index contributed by atoms with van der Waals surface area (Å²) in [7, 11) is 0. The van der Waals surface area contributed by atoms with E-state index in [1.165, 1.54) is 23.9 Å². The summed E-state index contributed by atoms with van der Waals surface area (Å²) in [5, 5.41) is 20.4. The molecule has 0 saturated carbocycles. The molecule has 1 atom stereocenters. The molecule has 104 valence electrons. The Hall–Kier alpha value is -1.60. The molecule has 0 radical (unpaired) electrons. The lowest BCUT2D eigenvalue weighted by atomic mass is 10.1. The van der Waals surface area contributed by atoms with Gasteiger partial charge in [0, 0.05) is 4.90 Å². The molecule has 1 rings (SSSR count). The van der Waals surface area contributed by atoms with E-state index < -0.39 is 17.5 Å². The predicted octanol–water partition coefficient (Wildman–Crippen LogP) is 0.870. The molecule has 0 saturated heterocycles. The van der Waals surface area contributed by atoms with Gasteiger partial charge in [-0.25, -0.2) is 9.18 Å². The molecule has 5 nitrogen and oxygen atoms in total. The molecule has 0 aliphatic rings. The summed E-state index contributed by atoms with van der Waals surface area (Å²) in [6.45, 7) is 0.730. The minimum Gasteiger partial charge on any atom is -0.479 e. The fourth-order valence-electron chi connectivity index (χ4n) is 1.08. The first-order chi connectivity index (χ1) is 8.81. The van der Waals surface area contributed by atoms with Crippen LogP contribution in [0.1, 0.15) is 6.92 Å². The second-order valence-corrected chi connectivity index (χ2v) is 5.15. The van der Waals surface area contributed by atoms with E-state index in [4.69, 9.17) is 5.11 Å². The number of rotatable bonds is 6. The molecule has 1 aromatic rings. The Labute approximate surface area is 113 Å². The van der Waals surface area contributed by atoms with Crippen molar-refractivity contribution in [3.63, 3.8) is 0 Å². The van der Waals surface area contributed by atoms with Crippen LogP contribution >= 0.6 is 11.8 Å². The molecule has 19 heavy (non-hydrogen) atoms. The lowest BCUT2D eigenvalue weighted by Gasteiger charge is -2.18. The first-order valence-corrected chi connectivity index (χ1v) is 6.40. The minimum atomic E-state index is -1.99. The largest absolute Gasteiger partial charge is 0.479 e. The van der Waals surface area contributed by atoms with Gasteiger partial charge in [0.05, 0.1) is 12.3 Å². The number of halogens is 1. The Balaban J connectivity index is 2.36. The van der Waals surface area contributed by atoms with Gasteiger partial charge in [-0.1, -0.05) is 0 Å². The minimum absolute atomic E-state index is 0.0569. The fraction of sp³-hybridized carbons (Fsp3) is 0.333. The lowest BCUT2D eigenvalue weighted by Crippen LogP contribution is -2.46. The van der Waals surface area contributed by atoms with E-state index in [1.807, 2.05) is 0 Å². The van der Waals surface area contributed by atoms with Gasteiger partial charge in [-0.05, 0) is 31.2 Å². The van der Waals surface area contributed by atoms with Gasteiger partial charge in [0.25, 0.3) is 0 Å². The number of carbonyl (C=O) groups excluding carboxylic acids is 1. The Bertz CT molecular complexity index is 461. The number of amides is 1. The number of thioether (sulfide) groups is 1. The summed E-state index contributed by atoms with van der Waals surface area (Å²) in [5.41, 5.74) is -1.99. The maximum absolute atomic E-state index is 12.6. The smallest absolute Gasteiger partial charge is 0.337 e. The fourth-order valence-corrected chi connectivity index (χ4v) is 1.81. The lowest BCUT2D eigenvalue weighted by molar-refractivity contribution is -0.156. The van der Waals surface area contributed by atoms with E-state index in [9.17, 15) is 19.1 Å². The molecule has 1 unspecified atom stereocenters. The van der Waals surface area contributed by atoms with Crippen LogP contribution in [0.3, 0.4) is 0 Å². The zero-order chi connectivity index (χ0) is 14.5. The van der Waals surface area contributed by atoms with Crippen LogP contribution < -0.4 is 5.32 Å². The van der Waals surface area contributed by atoms with Crippen molar-refractivity contribution < 1.29 is 24.2 Å². The van der Waals surface area contributed by atoms with Crippen LogP contribution in [0.2, 0.25) is 0 Å².